The molecule has 0 bridgehead atoms. The topological polar surface area (TPSA) is 73.9 Å². The summed E-state index contributed by atoms with van der Waals surface area (Å²) in [5, 5.41) is 17.4. The summed E-state index contributed by atoms with van der Waals surface area (Å²) in [6.45, 7) is 0. The van der Waals surface area contributed by atoms with Gasteiger partial charge in [0.2, 0.25) is 0 Å². The Hall–Kier alpha value is -2.85. The molecule has 0 aromatic heterocycles. The molecule has 0 amide bonds. The molecule has 1 aromatic rings. The van der Waals surface area contributed by atoms with E-state index in [2.05, 4.69) is 24.3 Å². The van der Waals surface area contributed by atoms with Crippen molar-refractivity contribution >= 4 is 5.97 Å². The molecule has 0 radical (unpaired) electrons. The van der Waals surface area contributed by atoms with Gasteiger partial charge in [0.25, 0.3) is 0 Å². The molecular formula is C27H32N2O2. The minimum atomic E-state index is 0.00828. The lowest BCUT2D eigenvalue weighted by atomic mass is 9.78. The Morgan fingerprint density at radius 2 is 1.68 bits per heavy atom. The van der Waals surface area contributed by atoms with Crippen LogP contribution >= 0.6 is 0 Å². The van der Waals surface area contributed by atoms with E-state index < -0.39 is 0 Å². The van der Waals surface area contributed by atoms with Crippen LogP contribution < -0.4 is 0 Å². The number of nitriles is 2. The molecule has 2 fully saturated rings. The fraction of sp³-hybridized carbons (Fsp3) is 0.519. The van der Waals surface area contributed by atoms with Crippen LogP contribution in [0.15, 0.2) is 48.6 Å². The van der Waals surface area contributed by atoms with E-state index in [9.17, 15) is 4.79 Å². The van der Waals surface area contributed by atoms with Gasteiger partial charge in [-0.05, 0) is 93.7 Å². The van der Waals surface area contributed by atoms with Crippen molar-refractivity contribution in [2.45, 2.75) is 76.2 Å². The molecule has 4 heteroatoms. The number of nitrogens with zero attached hydrogens (tertiary/aromatic N) is 2. The lowest BCUT2D eigenvalue weighted by molar-refractivity contribution is -0.157. The van der Waals surface area contributed by atoms with E-state index in [1.165, 1.54) is 11.6 Å². The van der Waals surface area contributed by atoms with E-state index in [1.54, 1.807) is 6.08 Å². The Morgan fingerprint density at radius 3 is 2.32 bits per heavy atom. The number of carbonyl (C=O) groups is 1. The highest BCUT2D eigenvalue weighted by molar-refractivity contribution is 5.72. The first kappa shape index (κ1) is 22.8. The van der Waals surface area contributed by atoms with Crippen LogP contribution in [0.25, 0.3) is 0 Å². The Morgan fingerprint density at radius 1 is 0.968 bits per heavy atom. The van der Waals surface area contributed by atoms with Gasteiger partial charge in [-0.3, -0.25) is 4.79 Å². The molecule has 3 rings (SSSR count). The number of carbonyl (C=O) groups excluding carboxylic acids is 1. The Balaban J connectivity index is 1.34. The van der Waals surface area contributed by atoms with Crippen LogP contribution in [-0.4, -0.2) is 12.1 Å². The maximum absolute atomic E-state index is 12.7. The van der Waals surface area contributed by atoms with Crippen molar-refractivity contribution in [2.24, 2.45) is 11.8 Å². The molecule has 162 valence electrons. The Labute approximate surface area is 186 Å². The third-order valence-corrected chi connectivity index (χ3v) is 6.81. The van der Waals surface area contributed by atoms with E-state index in [-0.39, 0.29) is 18.0 Å². The molecule has 2 saturated carbocycles. The van der Waals surface area contributed by atoms with Crippen LogP contribution in [0.1, 0.15) is 81.3 Å². The number of ether oxygens (including phenoxy) is 1. The number of hydrogen-bond acceptors (Lipinski definition) is 4. The molecule has 0 heterocycles. The first-order valence-corrected chi connectivity index (χ1v) is 11.6. The van der Waals surface area contributed by atoms with Gasteiger partial charge >= 0.3 is 5.97 Å². The summed E-state index contributed by atoms with van der Waals surface area (Å²) in [4.78, 5) is 12.7. The summed E-state index contributed by atoms with van der Waals surface area (Å²) in [6.07, 6.45) is 17.6. The van der Waals surface area contributed by atoms with Crippen LogP contribution in [0.4, 0.5) is 0 Å². The zero-order chi connectivity index (χ0) is 21.9. The molecule has 0 N–H and O–H groups in total. The van der Waals surface area contributed by atoms with Crippen molar-refractivity contribution in [3.8, 4) is 12.1 Å². The number of benzene rings is 1. The zero-order valence-electron chi connectivity index (χ0n) is 18.2. The lowest BCUT2D eigenvalue weighted by Gasteiger charge is -2.31. The minimum Gasteiger partial charge on any atom is -0.462 e. The van der Waals surface area contributed by atoms with Gasteiger partial charge in [-0.15, -0.1) is 0 Å². The first-order valence-electron chi connectivity index (χ1n) is 11.6. The van der Waals surface area contributed by atoms with Crippen LogP contribution in [0, 0.1) is 34.5 Å². The molecule has 1 aromatic carbocycles. The summed E-state index contributed by atoms with van der Waals surface area (Å²) in [5.74, 6) is 1.24. The van der Waals surface area contributed by atoms with Crippen molar-refractivity contribution in [1.29, 1.82) is 10.5 Å². The second-order valence-electron chi connectivity index (χ2n) is 8.86. The zero-order valence-corrected chi connectivity index (χ0v) is 18.2. The third-order valence-electron chi connectivity index (χ3n) is 6.81. The fourth-order valence-corrected chi connectivity index (χ4v) is 4.90. The van der Waals surface area contributed by atoms with Gasteiger partial charge in [-0.25, -0.2) is 0 Å². The van der Waals surface area contributed by atoms with Gasteiger partial charge in [0.05, 0.1) is 23.6 Å². The van der Waals surface area contributed by atoms with Gasteiger partial charge in [-0.2, -0.15) is 10.5 Å². The third kappa shape index (κ3) is 7.11. The molecule has 4 nitrogen and oxygen atoms in total. The van der Waals surface area contributed by atoms with Crippen LogP contribution in [0.5, 0.6) is 0 Å². The largest absolute Gasteiger partial charge is 0.462 e. The van der Waals surface area contributed by atoms with E-state index >= 15 is 0 Å². The smallest absolute Gasteiger partial charge is 0.309 e. The SMILES string of the molecule is N#CC=CC=CCCC1CCC(OC(=O)C2CCC(c3ccc(C#N)cc3)CC2)CC1. The highest BCUT2D eigenvalue weighted by Gasteiger charge is 2.31. The average molecular weight is 417 g/mol. The van der Waals surface area contributed by atoms with Gasteiger partial charge in [0.1, 0.15) is 6.10 Å². The molecule has 0 aliphatic heterocycles. The Kier molecular flexibility index (Phi) is 8.92. The highest BCUT2D eigenvalue weighted by Crippen LogP contribution is 2.37. The van der Waals surface area contributed by atoms with E-state index in [4.69, 9.17) is 15.3 Å². The molecule has 2 aliphatic rings. The second-order valence-corrected chi connectivity index (χ2v) is 8.86. The summed E-state index contributed by atoms with van der Waals surface area (Å²) in [6, 6.07) is 12.0. The second kappa shape index (κ2) is 12.1. The average Bonchev–Trinajstić information content (AvgIpc) is 2.82. The number of rotatable bonds is 7. The Bertz CT molecular complexity index is 841. The number of esters is 1. The first-order chi connectivity index (χ1) is 15.2. The van der Waals surface area contributed by atoms with Crippen LogP contribution in [-0.2, 0) is 9.53 Å². The molecule has 0 atom stereocenters. The van der Waals surface area contributed by atoms with Gasteiger partial charge < -0.3 is 4.74 Å². The van der Waals surface area contributed by atoms with Crippen molar-refractivity contribution in [3.63, 3.8) is 0 Å². The van der Waals surface area contributed by atoms with Gasteiger partial charge in [-0.1, -0.05) is 30.4 Å². The van der Waals surface area contributed by atoms with Crippen molar-refractivity contribution < 1.29 is 9.53 Å². The highest BCUT2D eigenvalue weighted by atomic mass is 16.5. The fourth-order valence-electron chi connectivity index (χ4n) is 4.90. The number of hydrogen-bond donors (Lipinski definition) is 0. The predicted octanol–water partition coefficient (Wildman–Crippen LogP) is 6.35. The summed E-state index contributed by atoms with van der Waals surface area (Å²) in [5.41, 5.74) is 1.97. The molecule has 0 saturated heterocycles. The summed E-state index contributed by atoms with van der Waals surface area (Å²) < 4.78 is 5.89. The maximum Gasteiger partial charge on any atom is 0.309 e. The minimum absolute atomic E-state index is 0.00828. The monoisotopic (exact) mass is 416 g/mol. The van der Waals surface area contributed by atoms with E-state index in [0.717, 1.165) is 64.2 Å². The van der Waals surface area contributed by atoms with Gasteiger partial charge in [0, 0.05) is 6.08 Å². The summed E-state index contributed by atoms with van der Waals surface area (Å²) in [7, 11) is 0. The van der Waals surface area contributed by atoms with Crippen molar-refractivity contribution in [3.05, 3.63) is 59.7 Å². The number of allylic oxidation sites excluding steroid dienone is 4. The predicted molar refractivity (Wildman–Crippen MR) is 121 cm³/mol. The van der Waals surface area contributed by atoms with Crippen LogP contribution in [0.2, 0.25) is 0 Å². The lowest BCUT2D eigenvalue weighted by Crippen LogP contribution is -2.29. The van der Waals surface area contributed by atoms with E-state index in [1.807, 2.05) is 24.3 Å². The molecule has 2 aliphatic carbocycles. The normalized spacial score (nSPS) is 26.4. The molecular weight excluding hydrogens is 384 g/mol. The standard InChI is InChI=1S/C27H32N2O2/c28-19-5-3-1-2-4-6-21-9-17-26(18-10-21)31-27(30)25-15-13-24(14-16-25)23-11-7-22(20-29)8-12-23/h1-3,5,7-8,11-12,21,24-26H,4,6,9-10,13-18H2. The summed E-state index contributed by atoms with van der Waals surface area (Å²) >= 11 is 0. The van der Waals surface area contributed by atoms with Crippen molar-refractivity contribution in [2.75, 3.05) is 0 Å². The van der Waals surface area contributed by atoms with E-state index in [0.29, 0.717) is 17.4 Å². The maximum atomic E-state index is 12.7. The molecule has 0 unspecified atom stereocenters. The quantitative estimate of drug-likeness (QED) is 0.295. The molecule has 31 heavy (non-hydrogen) atoms. The van der Waals surface area contributed by atoms with Crippen molar-refractivity contribution in [1.82, 2.24) is 0 Å². The van der Waals surface area contributed by atoms with Crippen LogP contribution in [0.3, 0.4) is 0 Å². The molecule has 0 spiro atoms. The van der Waals surface area contributed by atoms with Gasteiger partial charge in [0.15, 0.2) is 0 Å².